The Morgan fingerprint density at radius 2 is 1.63 bits per heavy atom. The molecule has 0 aromatic heterocycles. The van der Waals surface area contributed by atoms with Crippen LogP contribution in [0.2, 0.25) is 0 Å². The van der Waals surface area contributed by atoms with Gasteiger partial charge in [-0.25, -0.2) is 14.0 Å². The van der Waals surface area contributed by atoms with Crippen LogP contribution in [-0.4, -0.2) is 29.7 Å². The van der Waals surface area contributed by atoms with Gasteiger partial charge in [0.25, 0.3) is 0 Å². The predicted molar refractivity (Wildman–Crippen MR) is 152 cm³/mol. The van der Waals surface area contributed by atoms with Crippen LogP contribution in [0.25, 0.3) is 11.1 Å². The zero-order valence-electron chi connectivity index (χ0n) is 22.9. The average molecular weight is 572 g/mol. The average Bonchev–Trinajstić information content (AvgIpc) is 2.91. The Hall–Kier alpha value is -4.08. The maximum atomic E-state index is 14.2. The quantitative estimate of drug-likeness (QED) is 0.236. The first-order chi connectivity index (χ1) is 19.4. The standard InChI is InChI=1S/C31H33F4N3O3/c1-19(2)18-38(22-8-4-3-5-9-22)28-15-12-20(24-17-21(32)13-14-23(24)29(39)40)16-27(28)37-30(41)36-26-11-7-6-10-25(26)31(33,34)35/h6-7,10-17,19,22H,3-5,8-9,18H2,1-2H3,(H,39,40)(H2,36,37,41). The lowest BCUT2D eigenvalue weighted by Crippen LogP contribution is -2.40. The monoisotopic (exact) mass is 571 g/mol. The molecule has 2 amide bonds. The summed E-state index contributed by atoms with van der Waals surface area (Å²) in [7, 11) is 0. The molecule has 0 heterocycles. The summed E-state index contributed by atoms with van der Waals surface area (Å²) in [6.07, 6.45) is 0.474. The molecule has 0 bridgehead atoms. The van der Waals surface area contributed by atoms with Gasteiger partial charge in [-0.2, -0.15) is 13.2 Å². The van der Waals surface area contributed by atoms with E-state index in [1.165, 1.54) is 24.3 Å². The minimum Gasteiger partial charge on any atom is -0.478 e. The zero-order valence-corrected chi connectivity index (χ0v) is 22.9. The van der Waals surface area contributed by atoms with Crippen molar-refractivity contribution in [3.63, 3.8) is 0 Å². The summed E-state index contributed by atoms with van der Waals surface area (Å²) in [6.45, 7) is 4.81. The van der Waals surface area contributed by atoms with Crippen LogP contribution in [0.5, 0.6) is 0 Å². The fourth-order valence-electron chi connectivity index (χ4n) is 5.34. The highest BCUT2D eigenvalue weighted by Gasteiger charge is 2.34. The fourth-order valence-corrected chi connectivity index (χ4v) is 5.34. The molecule has 4 rings (SSSR count). The van der Waals surface area contributed by atoms with Crippen molar-refractivity contribution in [1.29, 1.82) is 0 Å². The number of amides is 2. The van der Waals surface area contributed by atoms with E-state index in [1.807, 2.05) is 0 Å². The number of anilines is 3. The van der Waals surface area contributed by atoms with Crippen molar-refractivity contribution in [3.05, 3.63) is 77.6 Å². The molecule has 41 heavy (non-hydrogen) atoms. The molecule has 6 nitrogen and oxygen atoms in total. The zero-order chi connectivity index (χ0) is 29.7. The minimum absolute atomic E-state index is 0.114. The first-order valence-corrected chi connectivity index (χ1v) is 13.6. The van der Waals surface area contributed by atoms with E-state index in [0.29, 0.717) is 17.8 Å². The Balaban J connectivity index is 1.78. The molecule has 1 saturated carbocycles. The van der Waals surface area contributed by atoms with E-state index in [2.05, 4.69) is 29.4 Å². The summed E-state index contributed by atoms with van der Waals surface area (Å²) in [5.41, 5.74) is -0.135. The fraction of sp³-hybridized carbons (Fsp3) is 0.355. The molecule has 3 aromatic carbocycles. The van der Waals surface area contributed by atoms with E-state index < -0.39 is 35.2 Å². The molecular formula is C31H33F4N3O3. The Kier molecular flexibility index (Phi) is 9.20. The third-order valence-corrected chi connectivity index (χ3v) is 7.14. The second-order valence-electron chi connectivity index (χ2n) is 10.7. The Bertz CT molecular complexity index is 1400. The number of rotatable bonds is 8. The van der Waals surface area contributed by atoms with Crippen molar-refractivity contribution in [3.8, 4) is 11.1 Å². The lowest BCUT2D eigenvalue weighted by Gasteiger charge is -2.38. The number of benzene rings is 3. The number of urea groups is 1. The number of hydrogen-bond donors (Lipinski definition) is 3. The molecule has 0 saturated heterocycles. The van der Waals surface area contributed by atoms with E-state index in [4.69, 9.17) is 0 Å². The largest absolute Gasteiger partial charge is 0.478 e. The number of carbonyl (C=O) groups excluding carboxylic acids is 1. The second kappa shape index (κ2) is 12.6. The summed E-state index contributed by atoms with van der Waals surface area (Å²) >= 11 is 0. The van der Waals surface area contributed by atoms with Crippen LogP contribution in [-0.2, 0) is 6.18 Å². The van der Waals surface area contributed by atoms with Gasteiger partial charge in [-0.1, -0.05) is 51.3 Å². The second-order valence-corrected chi connectivity index (χ2v) is 10.7. The first kappa shape index (κ1) is 29.9. The van der Waals surface area contributed by atoms with Crippen LogP contribution >= 0.6 is 0 Å². The Labute approximate surface area is 236 Å². The maximum Gasteiger partial charge on any atom is 0.418 e. The number of carboxylic acids is 1. The van der Waals surface area contributed by atoms with Gasteiger partial charge in [0.2, 0.25) is 0 Å². The van der Waals surface area contributed by atoms with Crippen molar-refractivity contribution >= 4 is 29.1 Å². The number of hydrogen-bond acceptors (Lipinski definition) is 3. The number of carboxylic acid groups (broad SMARTS) is 1. The number of nitrogens with one attached hydrogen (secondary N) is 2. The van der Waals surface area contributed by atoms with Gasteiger partial charge in [0.05, 0.1) is 28.2 Å². The van der Waals surface area contributed by atoms with Gasteiger partial charge < -0.3 is 20.6 Å². The van der Waals surface area contributed by atoms with E-state index in [-0.39, 0.29) is 28.8 Å². The molecule has 0 spiro atoms. The van der Waals surface area contributed by atoms with Crippen LogP contribution < -0.4 is 15.5 Å². The number of aromatic carboxylic acids is 1. The number of alkyl halides is 3. The van der Waals surface area contributed by atoms with E-state index in [0.717, 1.165) is 50.3 Å². The van der Waals surface area contributed by atoms with Gasteiger partial charge in [0, 0.05) is 12.6 Å². The number of carbonyl (C=O) groups is 2. The summed E-state index contributed by atoms with van der Waals surface area (Å²) < 4.78 is 54.8. The predicted octanol–water partition coefficient (Wildman–Crippen LogP) is 8.65. The molecule has 1 fully saturated rings. The van der Waals surface area contributed by atoms with Gasteiger partial charge in [-0.15, -0.1) is 0 Å². The molecule has 1 aliphatic carbocycles. The molecule has 218 valence electrons. The lowest BCUT2D eigenvalue weighted by atomic mass is 9.92. The smallest absolute Gasteiger partial charge is 0.418 e. The highest BCUT2D eigenvalue weighted by molar-refractivity contribution is 6.03. The highest BCUT2D eigenvalue weighted by atomic mass is 19.4. The summed E-state index contributed by atoms with van der Waals surface area (Å²) in [5.74, 6) is -1.61. The van der Waals surface area contributed by atoms with Crippen LogP contribution in [0.4, 0.5) is 39.4 Å². The molecule has 1 aliphatic rings. The number of halogens is 4. The van der Waals surface area contributed by atoms with Gasteiger partial charge in [-0.3, -0.25) is 0 Å². The van der Waals surface area contributed by atoms with Gasteiger partial charge in [-0.05, 0) is 72.4 Å². The molecule has 0 atom stereocenters. The van der Waals surface area contributed by atoms with Crippen LogP contribution in [0.3, 0.4) is 0 Å². The van der Waals surface area contributed by atoms with Gasteiger partial charge in [0.15, 0.2) is 0 Å². The third kappa shape index (κ3) is 7.36. The van der Waals surface area contributed by atoms with E-state index in [1.54, 1.807) is 18.2 Å². The Morgan fingerprint density at radius 1 is 0.951 bits per heavy atom. The summed E-state index contributed by atoms with van der Waals surface area (Å²) in [5, 5.41) is 14.7. The third-order valence-electron chi connectivity index (χ3n) is 7.14. The number of para-hydroxylation sites is 1. The minimum atomic E-state index is -4.67. The molecule has 3 aromatic rings. The van der Waals surface area contributed by atoms with Crippen molar-refractivity contribution < 1.29 is 32.3 Å². The van der Waals surface area contributed by atoms with E-state index >= 15 is 0 Å². The SMILES string of the molecule is CC(C)CN(c1ccc(-c2cc(F)ccc2C(=O)O)cc1NC(=O)Nc1ccccc1C(F)(F)F)C1CCCCC1. The molecular weight excluding hydrogens is 538 g/mol. The van der Waals surface area contributed by atoms with Crippen molar-refractivity contribution in [1.82, 2.24) is 0 Å². The van der Waals surface area contributed by atoms with E-state index in [9.17, 15) is 32.3 Å². The molecule has 0 unspecified atom stereocenters. The van der Waals surface area contributed by atoms with Gasteiger partial charge in [0.1, 0.15) is 5.82 Å². The number of nitrogens with zero attached hydrogens (tertiary/aromatic N) is 1. The van der Waals surface area contributed by atoms with Gasteiger partial charge >= 0.3 is 18.2 Å². The normalized spacial score (nSPS) is 14.1. The molecule has 0 radical (unpaired) electrons. The van der Waals surface area contributed by atoms with Crippen molar-refractivity contribution in [2.45, 2.75) is 58.2 Å². The topological polar surface area (TPSA) is 81.7 Å². The van der Waals surface area contributed by atoms with Crippen molar-refractivity contribution in [2.75, 3.05) is 22.1 Å². The molecule has 0 aliphatic heterocycles. The maximum absolute atomic E-state index is 14.2. The lowest BCUT2D eigenvalue weighted by molar-refractivity contribution is -0.136. The van der Waals surface area contributed by atoms with Crippen LogP contribution in [0, 0.1) is 11.7 Å². The van der Waals surface area contributed by atoms with Crippen LogP contribution in [0.1, 0.15) is 61.9 Å². The first-order valence-electron chi connectivity index (χ1n) is 13.6. The molecule has 10 heteroatoms. The molecule has 3 N–H and O–H groups in total. The Morgan fingerprint density at radius 3 is 2.29 bits per heavy atom. The highest BCUT2D eigenvalue weighted by Crippen LogP contribution is 2.38. The van der Waals surface area contributed by atoms with Crippen LogP contribution in [0.15, 0.2) is 60.7 Å². The summed E-state index contributed by atoms with van der Waals surface area (Å²) in [4.78, 5) is 27.2. The summed E-state index contributed by atoms with van der Waals surface area (Å²) in [6, 6.07) is 12.3. The van der Waals surface area contributed by atoms with Crippen molar-refractivity contribution in [2.24, 2.45) is 5.92 Å².